The minimum atomic E-state index is -1.24. The van der Waals surface area contributed by atoms with Crippen molar-refractivity contribution in [1.82, 2.24) is 10.8 Å². The maximum atomic E-state index is 11.7. The van der Waals surface area contributed by atoms with E-state index < -0.39 is 24.3 Å². The molecule has 0 unspecified atom stereocenters. The normalized spacial score (nSPS) is 17.2. The lowest BCUT2D eigenvalue weighted by Crippen LogP contribution is -2.47. The SMILES string of the molecule is O=C(O)C[C@@H](NC(=O)CCC1CCCCC1)C(=O)NO. The van der Waals surface area contributed by atoms with E-state index in [9.17, 15) is 14.4 Å². The molecule has 1 rings (SSSR count). The first kappa shape index (κ1) is 16.4. The van der Waals surface area contributed by atoms with E-state index in [4.69, 9.17) is 10.3 Å². The van der Waals surface area contributed by atoms with Crippen molar-refractivity contribution in [3.63, 3.8) is 0 Å². The van der Waals surface area contributed by atoms with Crippen LogP contribution in [0.3, 0.4) is 0 Å². The Kier molecular flexibility index (Phi) is 7.00. The molecule has 0 aliphatic heterocycles. The molecule has 1 atom stereocenters. The van der Waals surface area contributed by atoms with E-state index >= 15 is 0 Å². The molecule has 20 heavy (non-hydrogen) atoms. The zero-order chi connectivity index (χ0) is 15.0. The average Bonchev–Trinajstić information content (AvgIpc) is 2.44. The van der Waals surface area contributed by atoms with Crippen LogP contribution in [0.15, 0.2) is 0 Å². The number of nitrogens with one attached hydrogen (secondary N) is 2. The lowest BCUT2D eigenvalue weighted by molar-refractivity contribution is -0.142. The second-order valence-corrected chi connectivity index (χ2v) is 5.24. The van der Waals surface area contributed by atoms with Crippen molar-refractivity contribution in [3.05, 3.63) is 0 Å². The van der Waals surface area contributed by atoms with Gasteiger partial charge < -0.3 is 10.4 Å². The maximum Gasteiger partial charge on any atom is 0.305 e. The number of rotatable bonds is 7. The molecule has 114 valence electrons. The van der Waals surface area contributed by atoms with Gasteiger partial charge in [-0.25, -0.2) is 5.48 Å². The monoisotopic (exact) mass is 286 g/mol. The minimum absolute atomic E-state index is 0.277. The van der Waals surface area contributed by atoms with Crippen molar-refractivity contribution < 1.29 is 24.7 Å². The molecule has 0 radical (unpaired) electrons. The van der Waals surface area contributed by atoms with E-state index in [-0.39, 0.29) is 12.3 Å². The summed E-state index contributed by atoms with van der Waals surface area (Å²) < 4.78 is 0. The molecule has 4 N–H and O–H groups in total. The van der Waals surface area contributed by atoms with Gasteiger partial charge in [0.25, 0.3) is 5.91 Å². The van der Waals surface area contributed by atoms with Crippen molar-refractivity contribution in [2.24, 2.45) is 5.92 Å². The summed E-state index contributed by atoms with van der Waals surface area (Å²) >= 11 is 0. The van der Waals surface area contributed by atoms with Gasteiger partial charge in [0.15, 0.2) is 0 Å². The number of carboxylic acids is 1. The fourth-order valence-electron chi connectivity index (χ4n) is 2.54. The minimum Gasteiger partial charge on any atom is -0.481 e. The van der Waals surface area contributed by atoms with Crippen LogP contribution in [0, 0.1) is 5.92 Å². The Hall–Kier alpha value is -1.63. The smallest absolute Gasteiger partial charge is 0.305 e. The predicted molar refractivity (Wildman–Crippen MR) is 69.9 cm³/mol. The van der Waals surface area contributed by atoms with Crippen LogP contribution >= 0.6 is 0 Å². The third kappa shape index (κ3) is 6.01. The Bertz CT molecular complexity index is 353. The second kappa shape index (κ2) is 8.52. The molecule has 1 saturated carbocycles. The number of aliphatic carboxylic acids is 1. The highest BCUT2D eigenvalue weighted by Gasteiger charge is 2.23. The summed E-state index contributed by atoms with van der Waals surface area (Å²) in [5, 5.41) is 19.5. The van der Waals surface area contributed by atoms with E-state index in [1.165, 1.54) is 24.7 Å². The molecule has 2 amide bonds. The molecule has 0 aromatic carbocycles. The molecule has 0 bridgehead atoms. The largest absolute Gasteiger partial charge is 0.481 e. The maximum absolute atomic E-state index is 11.7. The molecular formula is C13H22N2O5. The van der Waals surface area contributed by atoms with Crippen LogP contribution in [0.25, 0.3) is 0 Å². The van der Waals surface area contributed by atoms with Crippen LogP contribution in [0.1, 0.15) is 51.4 Å². The van der Waals surface area contributed by atoms with Crippen molar-refractivity contribution >= 4 is 17.8 Å². The van der Waals surface area contributed by atoms with Crippen LogP contribution in [0.2, 0.25) is 0 Å². The van der Waals surface area contributed by atoms with Gasteiger partial charge >= 0.3 is 5.97 Å². The van der Waals surface area contributed by atoms with Crippen LogP contribution in [0.5, 0.6) is 0 Å². The average molecular weight is 286 g/mol. The van der Waals surface area contributed by atoms with Gasteiger partial charge in [0.2, 0.25) is 5.91 Å². The Labute approximate surface area is 117 Å². The Morgan fingerprint density at radius 2 is 1.80 bits per heavy atom. The summed E-state index contributed by atoms with van der Waals surface area (Å²) in [6.45, 7) is 0. The fourth-order valence-corrected chi connectivity index (χ4v) is 2.54. The number of carbonyl (C=O) groups is 3. The summed E-state index contributed by atoms with van der Waals surface area (Å²) in [6, 6.07) is -1.24. The van der Waals surface area contributed by atoms with Crippen molar-refractivity contribution in [3.8, 4) is 0 Å². The summed E-state index contributed by atoms with van der Waals surface area (Å²) in [5.74, 6) is -1.95. The number of carbonyl (C=O) groups excluding carboxylic acids is 2. The quantitative estimate of drug-likeness (QED) is 0.408. The van der Waals surface area contributed by atoms with Gasteiger partial charge in [-0.2, -0.15) is 0 Å². The molecule has 1 fully saturated rings. The predicted octanol–water partition coefficient (Wildman–Crippen LogP) is 0.812. The molecule has 0 aromatic rings. The van der Waals surface area contributed by atoms with Crippen LogP contribution < -0.4 is 10.8 Å². The highest BCUT2D eigenvalue weighted by molar-refractivity contribution is 5.89. The van der Waals surface area contributed by atoms with Gasteiger partial charge in [0.05, 0.1) is 6.42 Å². The van der Waals surface area contributed by atoms with Gasteiger partial charge in [-0.05, 0) is 12.3 Å². The first-order valence-corrected chi connectivity index (χ1v) is 6.98. The van der Waals surface area contributed by atoms with Gasteiger partial charge in [-0.3, -0.25) is 19.6 Å². The molecule has 7 nitrogen and oxygen atoms in total. The number of amides is 2. The molecule has 0 heterocycles. The van der Waals surface area contributed by atoms with E-state index in [0.717, 1.165) is 19.3 Å². The van der Waals surface area contributed by atoms with E-state index in [0.29, 0.717) is 5.92 Å². The molecule has 1 aliphatic carbocycles. The third-order valence-electron chi connectivity index (χ3n) is 3.65. The number of hydroxylamine groups is 1. The summed E-state index contributed by atoms with van der Waals surface area (Å²) in [7, 11) is 0. The molecule has 0 aromatic heterocycles. The molecule has 1 aliphatic rings. The number of hydrogen-bond acceptors (Lipinski definition) is 4. The van der Waals surface area contributed by atoms with Gasteiger partial charge in [0.1, 0.15) is 6.04 Å². The zero-order valence-electron chi connectivity index (χ0n) is 11.4. The van der Waals surface area contributed by atoms with Gasteiger partial charge in [-0.15, -0.1) is 0 Å². The third-order valence-corrected chi connectivity index (χ3v) is 3.65. The van der Waals surface area contributed by atoms with Crippen molar-refractivity contribution in [1.29, 1.82) is 0 Å². The van der Waals surface area contributed by atoms with Crippen LogP contribution in [-0.4, -0.2) is 34.1 Å². The summed E-state index contributed by atoms with van der Waals surface area (Å²) in [5.41, 5.74) is 1.36. The number of carboxylic acid groups (broad SMARTS) is 1. The molecule has 0 spiro atoms. The Morgan fingerprint density at radius 3 is 2.35 bits per heavy atom. The molecule has 0 saturated heterocycles. The zero-order valence-corrected chi connectivity index (χ0v) is 11.4. The van der Waals surface area contributed by atoms with Crippen molar-refractivity contribution in [2.45, 2.75) is 57.4 Å². The highest BCUT2D eigenvalue weighted by Crippen LogP contribution is 2.27. The lowest BCUT2D eigenvalue weighted by Gasteiger charge is -2.21. The van der Waals surface area contributed by atoms with E-state index in [1.807, 2.05) is 0 Å². The topological polar surface area (TPSA) is 116 Å². The van der Waals surface area contributed by atoms with E-state index in [2.05, 4.69) is 5.32 Å². The molecule has 7 heteroatoms. The van der Waals surface area contributed by atoms with Crippen molar-refractivity contribution in [2.75, 3.05) is 0 Å². The number of hydrogen-bond donors (Lipinski definition) is 4. The van der Waals surface area contributed by atoms with Crippen LogP contribution in [0.4, 0.5) is 0 Å². The lowest BCUT2D eigenvalue weighted by atomic mass is 9.86. The first-order valence-electron chi connectivity index (χ1n) is 6.98. The Morgan fingerprint density at radius 1 is 1.15 bits per heavy atom. The summed E-state index contributed by atoms with van der Waals surface area (Å²) in [6.07, 6.45) is 6.38. The van der Waals surface area contributed by atoms with Gasteiger partial charge in [0, 0.05) is 6.42 Å². The Balaban J connectivity index is 2.36. The summed E-state index contributed by atoms with van der Waals surface area (Å²) in [4.78, 5) is 33.6. The van der Waals surface area contributed by atoms with E-state index in [1.54, 1.807) is 0 Å². The van der Waals surface area contributed by atoms with Crippen LogP contribution in [-0.2, 0) is 14.4 Å². The standard InChI is InChI=1S/C13H22N2O5/c16-11(7-6-9-4-2-1-3-5-9)14-10(8-12(17)18)13(19)15-20/h9-10,20H,1-8H2,(H,14,16)(H,15,19)(H,17,18)/t10-/m1/s1. The highest BCUT2D eigenvalue weighted by atomic mass is 16.5. The fraction of sp³-hybridized carbons (Fsp3) is 0.769. The molecular weight excluding hydrogens is 264 g/mol. The van der Waals surface area contributed by atoms with Gasteiger partial charge in [-0.1, -0.05) is 32.1 Å². The second-order valence-electron chi connectivity index (χ2n) is 5.24. The first-order chi connectivity index (χ1) is 9.52.